The van der Waals surface area contributed by atoms with Gasteiger partial charge in [0.25, 0.3) is 0 Å². The molecule has 0 fully saturated rings. The molecule has 3 atom stereocenters. The number of hydrogen-bond donors (Lipinski definition) is 2. The van der Waals surface area contributed by atoms with Crippen LogP contribution in [0.25, 0.3) is 0 Å². The molecular weight excluding hydrogens is 272 g/mol. The van der Waals surface area contributed by atoms with Crippen molar-refractivity contribution in [2.75, 3.05) is 26.9 Å². The van der Waals surface area contributed by atoms with E-state index in [0.29, 0.717) is 17.9 Å². The molecule has 0 bridgehead atoms. The third kappa shape index (κ3) is 6.44. The summed E-state index contributed by atoms with van der Waals surface area (Å²) < 4.78 is 16.0. The zero-order valence-electron chi connectivity index (χ0n) is 13.2. The summed E-state index contributed by atoms with van der Waals surface area (Å²) in [5, 5.41) is 19.6. The first-order valence-corrected chi connectivity index (χ1v) is 7.14. The Kier molecular flexibility index (Phi) is 7.67. The number of rotatable bonds is 9. The Hall–Kier alpha value is -1.14. The quantitative estimate of drug-likeness (QED) is 0.728. The SMILES string of the molecule is COCC(C)OCC(O)COc1cc(C)ccc1[C@H](C)O. The first-order chi connectivity index (χ1) is 9.93. The number of aryl methyl sites for hydroxylation is 1. The van der Waals surface area contributed by atoms with Crippen molar-refractivity contribution in [3.05, 3.63) is 29.3 Å². The van der Waals surface area contributed by atoms with Gasteiger partial charge in [0.1, 0.15) is 18.5 Å². The highest BCUT2D eigenvalue weighted by Crippen LogP contribution is 2.26. The zero-order valence-corrected chi connectivity index (χ0v) is 13.2. The van der Waals surface area contributed by atoms with Crippen molar-refractivity contribution in [1.82, 2.24) is 0 Å². The van der Waals surface area contributed by atoms with Crippen LogP contribution in [0.5, 0.6) is 5.75 Å². The molecule has 0 aromatic heterocycles. The minimum absolute atomic E-state index is 0.0726. The van der Waals surface area contributed by atoms with E-state index in [1.54, 1.807) is 14.0 Å². The van der Waals surface area contributed by atoms with E-state index in [2.05, 4.69) is 0 Å². The van der Waals surface area contributed by atoms with Crippen LogP contribution in [0.15, 0.2) is 18.2 Å². The molecule has 0 saturated carbocycles. The number of benzene rings is 1. The largest absolute Gasteiger partial charge is 0.490 e. The van der Waals surface area contributed by atoms with Gasteiger partial charge in [-0.15, -0.1) is 0 Å². The summed E-state index contributed by atoms with van der Waals surface area (Å²) in [4.78, 5) is 0. The minimum Gasteiger partial charge on any atom is -0.490 e. The first-order valence-electron chi connectivity index (χ1n) is 7.14. The minimum atomic E-state index is -0.730. The molecule has 0 aliphatic heterocycles. The van der Waals surface area contributed by atoms with Crippen LogP contribution >= 0.6 is 0 Å². The lowest BCUT2D eigenvalue weighted by Crippen LogP contribution is -2.27. The number of ether oxygens (including phenoxy) is 3. The topological polar surface area (TPSA) is 68.2 Å². The Bertz CT molecular complexity index is 419. The molecule has 120 valence electrons. The number of methoxy groups -OCH3 is 1. The van der Waals surface area contributed by atoms with Gasteiger partial charge in [0.05, 0.1) is 25.4 Å². The molecular formula is C16H26O5. The van der Waals surface area contributed by atoms with Gasteiger partial charge in [-0.1, -0.05) is 12.1 Å². The van der Waals surface area contributed by atoms with Crippen LogP contribution in [0.1, 0.15) is 31.1 Å². The van der Waals surface area contributed by atoms with Crippen LogP contribution in [0.4, 0.5) is 0 Å². The fraction of sp³-hybridized carbons (Fsp3) is 0.625. The third-order valence-corrected chi connectivity index (χ3v) is 3.02. The molecule has 0 aliphatic rings. The van der Waals surface area contributed by atoms with Crippen molar-refractivity contribution in [2.24, 2.45) is 0 Å². The van der Waals surface area contributed by atoms with Crippen LogP contribution in [0.2, 0.25) is 0 Å². The fourth-order valence-electron chi connectivity index (χ4n) is 1.90. The molecule has 1 rings (SSSR count). The van der Waals surface area contributed by atoms with E-state index >= 15 is 0 Å². The third-order valence-electron chi connectivity index (χ3n) is 3.02. The van der Waals surface area contributed by atoms with Crippen LogP contribution < -0.4 is 4.74 Å². The second-order valence-corrected chi connectivity index (χ2v) is 5.28. The molecule has 5 heteroatoms. The summed E-state index contributed by atoms with van der Waals surface area (Å²) in [5.41, 5.74) is 1.75. The second kappa shape index (κ2) is 9.00. The van der Waals surface area contributed by atoms with Gasteiger partial charge in [-0.3, -0.25) is 0 Å². The Balaban J connectivity index is 2.49. The van der Waals surface area contributed by atoms with Gasteiger partial charge in [0, 0.05) is 12.7 Å². The highest BCUT2D eigenvalue weighted by atomic mass is 16.5. The van der Waals surface area contributed by atoms with Crippen LogP contribution in [0, 0.1) is 6.92 Å². The van der Waals surface area contributed by atoms with Gasteiger partial charge in [-0.05, 0) is 32.4 Å². The van der Waals surface area contributed by atoms with Gasteiger partial charge < -0.3 is 24.4 Å². The molecule has 2 N–H and O–H groups in total. The molecule has 2 unspecified atom stereocenters. The predicted molar refractivity (Wildman–Crippen MR) is 80.6 cm³/mol. The van der Waals surface area contributed by atoms with Crippen LogP contribution in [-0.4, -0.2) is 49.4 Å². The van der Waals surface area contributed by atoms with E-state index in [-0.39, 0.29) is 19.3 Å². The lowest BCUT2D eigenvalue weighted by molar-refractivity contribution is -0.0425. The molecule has 0 heterocycles. The van der Waals surface area contributed by atoms with E-state index in [1.165, 1.54) is 0 Å². The summed E-state index contributed by atoms with van der Waals surface area (Å²) in [6.07, 6.45) is -1.42. The highest BCUT2D eigenvalue weighted by molar-refractivity contribution is 5.38. The summed E-state index contributed by atoms with van der Waals surface area (Å²) in [6.45, 7) is 6.29. The maximum atomic E-state index is 9.87. The maximum Gasteiger partial charge on any atom is 0.125 e. The predicted octanol–water partition coefficient (Wildman–Crippen LogP) is 1.84. The average molecular weight is 298 g/mol. The average Bonchev–Trinajstić information content (AvgIpc) is 2.43. The van der Waals surface area contributed by atoms with Gasteiger partial charge >= 0.3 is 0 Å². The molecule has 5 nitrogen and oxygen atoms in total. The Morgan fingerprint density at radius 2 is 1.81 bits per heavy atom. The Labute approximate surface area is 126 Å². The van der Waals surface area contributed by atoms with Gasteiger partial charge in [-0.2, -0.15) is 0 Å². The Morgan fingerprint density at radius 1 is 1.10 bits per heavy atom. The van der Waals surface area contributed by atoms with Crippen LogP contribution in [-0.2, 0) is 9.47 Å². The van der Waals surface area contributed by atoms with Crippen molar-refractivity contribution in [2.45, 2.75) is 39.1 Å². The molecule has 1 aromatic rings. The van der Waals surface area contributed by atoms with E-state index in [9.17, 15) is 10.2 Å². The molecule has 1 aromatic carbocycles. The normalized spacial score (nSPS) is 15.5. The van der Waals surface area contributed by atoms with Crippen molar-refractivity contribution >= 4 is 0 Å². The number of hydrogen-bond acceptors (Lipinski definition) is 5. The zero-order chi connectivity index (χ0) is 15.8. The summed E-state index contributed by atoms with van der Waals surface area (Å²) >= 11 is 0. The standard InChI is InChI=1S/C16H26O5/c1-11-5-6-15(13(3)17)16(7-11)21-10-14(18)9-20-12(2)8-19-4/h5-7,12-14,17-18H,8-10H2,1-4H3/t12?,13-,14?/m0/s1. The van der Waals surface area contributed by atoms with Crippen molar-refractivity contribution in [3.63, 3.8) is 0 Å². The van der Waals surface area contributed by atoms with E-state index < -0.39 is 12.2 Å². The van der Waals surface area contributed by atoms with Crippen molar-refractivity contribution in [1.29, 1.82) is 0 Å². The van der Waals surface area contributed by atoms with Crippen molar-refractivity contribution < 1.29 is 24.4 Å². The van der Waals surface area contributed by atoms with Gasteiger partial charge in [-0.25, -0.2) is 0 Å². The molecule has 21 heavy (non-hydrogen) atoms. The van der Waals surface area contributed by atoms with E-state index in [4.69, 9.17) is 14.2 Å². The van der Waals surface area contributed by atoms with Crippen LogP contribution in [0.3, 0.4) is 0 Å². The fourth-order valence-corrected chi connectivity index (χ4v) is 1.90. The second-order valence-electron chi connectivity index (χ2n) is 5.28. The lowest BCUT2D eigenvalue weighted by Gasteiger charge is -2.18. The van der Waals surface area contributed by atoms with Gasteiger partial charge in [0.15, 0.2) is 0 Å². The monoisotopic (exact) mass is 298 g/mol. The van der Waals surface area contributed by atoms with E-state index in [0.717, 1.165) is 5.56 Å². The van der Waals surface area contributed by atoms with Crippen molar-refractivity contribution in [3.8, 4) is 5.75 Å². The molecule has 0 saturated heterocycles. The maximum absolute atomic E-state index is 9.87. The first kappa shape index (κ1) is 17.9. The highest BCUT2D eigenvalue weighted by Gasteiger charge is 2.13. The summed E-state index contributed by atoms with van der Waals surface area (Å²) in [7, 11) is 1.61. The molecule has 0 radical (unpaired) electrons. The summed E-state index contributed by atoms with van der Waals surface area (Å²) in [6, 6.07) is 5.60. The lowest BCUT2D eigenvalue weighted by atomic mass is 10.1. The number of aliphatic hydroxyl groups excluding tert-OH is 2. The molecule has 0 aliphatic carbocycles. The molecule has 0 amide bonds. The molecule has 0 spiro atoms. The smallest absolute Gasteiger partial charge is 0.125 e. The number of aliphatic hydroxyl groups is 2. The van der Waals surface area contributed by atoms with E-state index in [1.807, 2.05) is 32.0 Å². The van der Waals surface area contributed by atoms with Gasteiger partial charge in [0.2, 0.25) is 0 Å². The Morgan fingerprint density at radius 3 is 2.43 bits per heavy atom. The summed E-state index contributed by atoms with van der Waals surface area (Å²) in [5.74, 6) is 0.592.